The molecule has 80 heavy (non-hydrogen) atoms. The molecule has 6 aromatic rings. The van der Waals surface area contributed by atoms with Crippen LogP contribution < -0.4 is 21.9 Å². The van der Waals surface area contributed by atoms with Gasteiger partial charge in [-0.2, -0.15) is 26.3 Å². The lowest BCUT2D eigenvalue weighted by atomic mass is 10.1. The second kappa shape index (κ2) is 30.9. The van der Waals surface area contributed by atoms with Gasteiger partial charge in [0.25, 0.3) is 17.4 Å². The molecule has 0 unspecified atom stereocenters. The molecule has 0 atom stereocenters. The molecule has 0 saturated heterocycles. The van der Waals surface area contributed by atoms with Gasteiger partial charge in [-0.3, -0.25) is 33.1 Å². The molecule has 0 aliphatic carbocycles. The Morgan fingerprint density at radius 1 is 0.637 bits per heavy atom. The van der Waals surface area contributed by atoms with Gasteiger partial charge in [0.15, 0.2) is 29.3 Å². The number of nitrogens with zero attached hydrogens (tertiary/aromatic N) is 6. The lowest BCUT2D eigenvalue weighted by Crippen LogP contribution is -2.39. The Hall–Kier alpha value is -8.89. The van der Waals surface area contributed by atoms with E-state index >= 15 is 0 Å². The number of alkyl halides is 6. The van der Waals surface area contributed by atoms with Crippen LogP contribution in [0, 0.1) is 0 Å². The molecule has 0 bridgehead atoms. The third-order valence-electron chi connectivity index (χ3n) is 11.6. The first-order chi connectivity index (χ1) is 38.3. The second-order valence-corrected chi connectivity index (χ2v) is 17.7. The molecule has 0 spiro atoms. The predicted molar refractivity (Wildman–Crippen MR) is 287 cm³/mol. The Labute approximate surface area is 455 Å². The van der Waals surface area contributed by atoms with E-state index in [9.17, 15) is 55.1 Å². The maximum Gasteiger partial charge on any atom is 0.416 e. The first-order valence-corrected chi connectivity index (χ1v) is 25.3. The zero-order valence-electron chi connectivity index (χ0n) is 44.1. The van der Waals surface area contributed by atoms with E-state index in [-0.39, 0.29) is 72.2 Å². The summed E-state index contributed by atoms with van der Waals surface area (Å²) >= 11 is 0. The number of ketones is 1. The minimum atomic E-state index is -4.50. The number of ether oxygens (including phenoxy) is 1. The average Bonchev–Trinajstić information content (AvgIpc) is 4.22. The van der Waals surface area contributed by atoms with Gasteiger partial charge in [-0.05, 0) is 99.9 Å². The SMILES string of the molecule is CC/C=C\C/C=C\C/C=C\C/C=C\C/C=C\C/C=C\CC(=O)OCc1oncc1C(=O)Nc1ccc(C(F)(F)F)cc1.Cn1cnc2c1c(=O)n(CCCCC(=O)Cc1oncc1C(=O)Nc1ccc(C(F)(F)F)cc1)c(=O)n2C. The van der Waals surface area contributed by atoms with Gasteiger partial charge in [0.1, 0.15) is 16.9 Å². The molecule has 2 N–H and O–H groups in total. The molecule has 0 aliphatic heterocycles. The first-order valence-electron chi connectivity index (χ1n) is 25.3. The van der Waals surface area contributed by atoms with Crippen LogP contribution in [0.3, 0.4) is 0 Å². The van der Waals surface area contributed by atoms with Crippen molar-refractivity contribution < 1.29 is 59.3 Å². The molecular weight excluding hydrogens is 1050 g/mol. The molecule has 0 radical (unpaired) electrons. The number of unbranched alkanes of at least 4 members (excludes halogenated alkanes) is 1. The highest BCUT2D eigenvalue weighted by atomic mass is 19.4. The lowest BCUT2D eigenvalue weighted by Gasteiger charge is -2.09. The molecule has 0 aliphatic rings. The number of nitrogens with one attached hydrogen (secondary N) is 2. The molecule has 4 heterocycles. The maximum absolute atomic E-state index is 12.7. The molecular formula is C57H60F6N8O9. The fraction of sp³-hybridized carbons (Fsp3) is 0.316. The molecule has 0 saturated carbocycles. The minimum Gasteiger partial charge on any atom is -0.457 e. The van der Waals surface area contributed by atoms with Crippen LogP contribution in [-0.4, -0.2) is 52.6 Å². The van der Waals surface area contributed by atoms with Crippen LogP contribution >= 0.6 is 0 Å². The summed E-state index contributed by atoms with van der Waals surface area (Å²) in [6.07, 6.45) is 25.7. The number of anilines is 2. The Bertz CT molecular complexity index is 3320. The van der Waals surface area contributed by atoms with Gasteiger partial charge < -0.3 is 29.0 Å². The third-order valence-corrected chi connectivity index (χ3v) is 11.6. The van der Waals surface area contributed by atoms with Crippen molar-refractivity contribution in [1.29, 1.82) is 0 Å². The summed E-state index contributed by atoms with van der Waals surface area (Å²) < 4.78 is 95.4. The van der Waals surface area contributed by atoms with Crippen LogP contribution in [0.2, 0.25) is 0 Å². The third kappa shape index (κ3) is 19.5. The zero-order valence-corrected chi connectivity index (χ0v) is 44.1. The lowest BCUT2D eigenvalue weighted by molar-refractivity contribution is -0.144. The maximum atomic E-state index is 12.7. The number of esters is 1. The smallest absolute Gasteiger partial charge is 0.416 e. The molecule has 2 amide bonds. The van der Waals surface area contributed by atoms with Crippen molar-refractivity contribution in [2.24, 2.45) is 14.1 Å². The number of aryl methyl sites for hydroxylation is 2. The van der Waals surface area contributed by atoms with Gasteiger partial charge in [-0.15, -0.1) is 0 Å². The summed E-state index contributed by atoms with van der Waals surface area (Å²) in [6, 6.07) is 7.91. The van der Waals surface area contributed by atoms with Crippen LogP contribution in [0.15, 0.2) is 159 Å². The van der Waals surface area contributed by atoms with Gasteiger partial charge in [0, 0.05) is 38.4 Å². The molecule has 0 fully saturated rings. The Morgan fingerprint density at radius 3 is 1.59 bits per heavy atom. The standard InChI is InChI=1S/C33H37F3N2O4.C24H23F3N6O5/c1-2-3-4-5-6-7-8-9-10-11-12-13-14-15-16-17-18-19-20-31(39)41-26-30-29(25-37-42-30)32(40)38-28-23-21-27(22-24-28)33(34,35)36;1-31-13-28-20-19(31)22(36)33(23(37)32(20)2)10-4-3-5-16(34)11-18-17(12-29-38-18)21(35)30-15-8-6-14(7-9-15)24(25,26)27/h3-4,6-7,9-10,12-13,15-16,18-19,21-25H,2,5,8,11,14,17,20,26H2,1H3,(H,38,40);6-9,12-13H,3-5,10-11H2,1-2H3,(H,30,35)/b4-3-,7-6-,10-9-,13-12-,16-15-,19-18-;. The van der Waals surface area contributed by atoms with E-state index in [1.54, 1.807) is 17.7 Å². The van der Waals surface area contributed by atoms with E-state index in [2.05, 4.69) is 87.5 Å². The number of aromatic nitrogens is 6. The summed E-state index contributed by atoms with van der Waals surface area (Å²) in [7, 11) is 3.19. The van der Waals surface area contributed by atoms with Crippen molar-refractivity contribution in [2.75, 3.05) is 10.6 Å². The fourth-order valence-corrected chi connectivity index (χ4v) is 7.37. The summed E-state index contributed by atoms with van der Waals surface area (Å²) in [6.45, 7) is 1.93. The second-order valence-electron chi connectivity index (χ2n) is 17.7. The Morgan fingerprint density at radius 2 is 1.10 bits per heavy atom. The van der Waals surface area contributed by atoms with Crippen LogP contribution in [-0.2, 0) is 60.3 Å². The van der Waals surface area contributed by atoms with E-state index < -0.39 is 52.5 Å². The van der Waals surface area contributed by atoms with Crippen molar-refractivity contribution in [3.8, 4) is 0 Å². The summed E-state index contributed by atoms with van der Waals surface area (Å²) in [4.78, 5) is 78.9. The largest absolute Gasteiger partial charge is 0.457 e. The summed E-state index contributed by atoms with van der Waals surface area (Å²) in [5, 5.41) is 12.0. The minimum absolute atomic E-state index is 0.0108. The van der Waals surface area contributed by atoms with E-state index in [0.717, 1.165) is 97.6 Å². The van der Waals surface area contributed by atoms with Crippen molar-refractivity contribution in [3.05, 3.63) is 195 Å². The number of allylic oxidation sites excluding steroid dienone is 11. The number of benzene rings is 2. The van der Waals surface area contributed by atoms with Gasteiger partial charge >= 0.3 is 24.0 Å². The molecule has 17 nitrogen and oxygen atoms in total. The van der Waals surface area contributed by atoms with E-state index in [1.165, 1.54) is 17.9 Å². The van der Waals surface area contributed by atoms with Gasteiger partial charge in [-0.1, -0.05) is 90.1 Å². The number of amides is 2. The van der Waals surface area contributed by atoms with E-state index in [0.29, 0.717) is 30.4 Å². The van der Waals surface area contributed by atoms with Crippen LogP contribution in [0.1, 0.15) is 114 Å². The topological polar surface area (TPSA) is 215 Å². The van der Waals surface area contributed by atoms with Crippen molar-refractivity contribution in [1.82, 2.24) is 29.0 Å². The van der Waals surface area contributed by atoms with Gasteiger partial charge in [0.2, 0.25) is 0 Å². The number of hydrogen-bond donors (Lipinski definition) is 2. The highest BCUT2D eigenvalue weighted by Gasteiger charge is 2.31. The number of halogens is 6. The Balaban J connectivity index is 0.000000295. The van der Waals surface area contributed by atoms with Gasteiger partial charge in [0.05, 0.1) is 42.7 Å². The quantitative estimate of drug-likeness (QED) is 0.0224. The number of carbonyl (C=O) groups excluding carboxylic acids is 4. The van der Waals surface area contributed by atoms with Crippen molar-refractivity contribution in [2.45, 2.75) is 103 Å². The van der Waals surface area contributed by atoms with Crippen LogP contribution in [0.25, 0.3) is 11.2 Å². The average molecular weight is 1120 g/mol. The van der Waals surface area contributed by atoms with E-state index in [1.807, 2.05) is 12.2 Å². The molecule has 4 aromatic heterocycles. The monoisotopic (exact) mass is 1110 g/mol. The summed E-state index contributed by atoms with van der Waals surface area (Å²) in [5.41, 5.74) is -1.76. The number of fused-ring (bicyclic) bond motifs is 1. The van der Waals surface area contributed by atoms with Crippen LogP contribution in [0.5, 0.6) is 0 Å². The highest BCUT2D eigenvalue weighted by Crippen LogP contribution is 2.31. The van der Waals surface area contributed by atoms with Crippen molar-refractivity contribution in [3.63, 3.8) is 0 Å². The number of carbonyl (C=O) groups is 4. The molecule has 424 valence electrons. The molecule has 23 heteroatoms. The van der Waals surface area contributed by atoms with Gasteiger partial charge in [-0.25, -0.2) is 9.78 Å². The highest BCUT2D eigenvalue weighted by molar-refractivity contribution is 6.05. The van der Waals surface area contributed by atoms with Crippen LogP contribution in [0.4, 0.5) is 37.7 Å². The number of imidazole rings is 1. The number of hydrogen-bond acceptors (Lipinski definition) is 12. The zero-order chi connectivity index (χ0) is 58.1. The summed E-state index contributed by atoms with van der Waals surface area (Å²) in [5.74, 6) is -2.07. The number of Topliss-reactive ketones (excluding diaryl/α,β-unsaturated/α-hetero) is 1. The van der Waals surface area contributed by atoms with Crippen molar-refractivity contribution >= 4 is 46.1 Å². The molecule has 2 aromatic carbocycles. The predicted octanol–water partition coefficient (Wildman–Crippen LogP) is 11.8. The normalized spacial score (nSPS) is 12.2. The fourth-order valence-electron chi connectivity index (χ4n) is 7.37. The Kier molecular flexibility index (Phi) is 23.9. The first kappa shape index (κ1) is 62.0. The molecule has 6 rings (SSSR count). The van der Waals surface area contributed by atoms with E-state index in [4.69, 9.17) is 13.8 Å². The number of rotatable bonds is 26.